The third kappa shape index (κ3) is 4.28. The molecule has 0 saturated heterocycles. The Kier molecular flexibility index (Phi) is 5.02. The molecule has 0 saturated carbocycles. The second-order valence-corrected chi connectivity index (χ2v) is 5.43. The number of rotatable bonds is 6. The van der Waals surface area contributed by atoms with E-state index in [1.165, 1.54) is 28.1 Å². The largest absolute Gasteiger partial charge is 0.476 e. The number of carboxylic acid groups (broad SMARTS) is 1. The van der Waals surface area contributed by atoms with E-state index in [-0.39, 0.29) is 11.7 Å². The molecule has 2 rings (SSSR count). The number of carbonyl (C=O) groups is 2. The summed E-state index contributed by atoms with van der Waals surface area (Å²) in [5.74, 6) is -1.04. The van der Waals surface area contributed by atoms with E-state index >= 15 is 0 Å². The molecule has 7 nitrogen and oxygen atoms in total. The van der Waals surface area contributed by atoms with Crippen LogP contribution >= 0.6 is 22.7 Å². The van der Waals surface area contributed by atoms with Gasteiger partial charge in [0, 0.05) is 23.7 Å². The minimum absolute atomic E-state index is 0.0398. The molecule has 0 aliphatic rings. The summed E-state index contributed by atoms with van der Waals surface area (Å²) in [5.41, 5.74) is 2.56. The summed E-state index contributed by atoms with van der Waals surface area (Å²) in [6.45, 7) is 0.783. The topological polar surface area (TPSA) is 104 Å². The molecule has 2 aromatic rings. The van der Waals surface area contributed by atoms with Gasteiger partial charge >= 0.3 is 12.0 Å². The Hall–Kier alpha value is -2.00. The van der Waals surface area contributed by atoms with Crippen molar-refractivity contribution >= 4 is 34.7 Å². The second kappa shape index (κ2) is 6.96. The van der Waals surface area contributed by atoms with Crippen LogP contribution in [0.3, 0.4) is 0 Å². The maximum atomic E-state index is 11.5. The molecule has 0 aliphatic carbocycles. The van der Waals surface area contributed by atoms with Crippen LogP contribution in [0.2, 0.25) is 0 Å². The first-order valence-electron chi connectivity index (χ1n) is 5.71. The third-order valence-electron chi connectivity index (χ3n) is 2.31. The molecule has 0 bridgehead atoms. The molecule has 0 unspecified atom stereocenters. The Morgan fingerprint density at radius 2 is 2.15 bits per heavy atom. The van der Waals surface area contributed by atoms with Gasteiger partial charge in [0.05, 0.1) is 22.8 Å². The Bertz CT molecular complexity index is 582. The van der Waals surface area contributed by atoms with E-state index in [1.54, 1.807) is 5.51 Å². The molecule has 0 atom stereocenters. The second-order valence-electron chi connectivity index (χ2n) is 3.77. The summed E-state index contributed by atoms with van der Waals surface area (Å²) in [6, 6.07) is -0.284. The first kappa shape index (κ1) is 14.4. The fraction of sp³-hybridized carbons (Fsp3) is 0.273. The van der Waals surface area contributed by atoms with Crippen molar-refractivity contribution in [2.45, 2.75) is 13.0 Å². The van der Waals surface area contributed by atoms with Gasteiger partial charge in [0.1, 0.15) is 0 Å². The molecule has 2 amide bonds. The van der Waals surface area contributed by atoms with E-state index in [4.69, 9.17) is 5.11 Å². The van der Waals surface area contributed by atoms with E-state index in [0.29, 0.717) is 24.5 Å². The van der Waals surface area contributed by atoms with Crippen LogP contribution < -0.4 is 10.6 Å². The van der Waals surface area contributed by atoms with Crippen molar-refractivity contribution in [2.24, 2.45) is 0 Å². The summed E-state index contributed by atoms with van der Waals surface area (Å²) < 4.78 is 0. The van der Waals surface area contributed by atoms with Gasteiger partial charge in [0.25, 0.3) is 0 Å². The predicted molar refractivity (Wildman–Crippen MR) is 75.1 cm³/mol. The van der Waals surface area contributed by atoms with Gasteiger partial charge in [0.2, 0.25) is 0 Å². The Morgan fingerprint density at radius 3 is 2.80 bits per heavy atom. The van der Waals surface area contributed by atoms with E-state index in [9.17, 15) is 9.59 Å². The predicted octanol–water partition coefficient (Wildman–Crippen LogP) is 1.34. The first-order chi connectivity index (χ1) is 9.65. The molecule has 0 aromatic carbocycles. The van der Waals surface area contributed by atoms with Crippen molar-refractivity contribution in [1.29, 1.82) is 0 Å². The fourth-order valence-electron chi connectivity index (χ4n) is 1.37. The number of urea groups is 1. The monoisotopic (exact) mass is 312 g/mol. The number of hydrogen-bond acceptors (Lipinski definition) is 6. The number of hydrogen-bond donors (Lipinski definition) is 3. The number of thiazole rings is 2. The lowest BCUT2D eigenvalue weighted by molar-refractivity contribution is 0.0691. The zero-order chi connectivity index (χ0) is 14.4. The average Bonchev–Trinajstić information content (AvgIpc) is 3.07. The van der Waals surface area contributed by atoms with Crippen LogP contribution in [-0.4, -0.2) is 33.6 Å². The highest BCUT2D eigenvalue weighted by Crippen LogP contribution is 2.09. The highest BCUT2D eigenvalue weighted by atomic mass is 32.1. The van der Waals surface area contributed by atoms with Gasteiger partial charge in [-0.25, -0.2) is 19.6 Å². The standard InChI is InChI=1S/C11H12N4O3S2/c16-10(17)8-5-20-9(15-8)1-2-12-11(18)13-3-7-4-19-6-14-7/h4-6H,1-3H2,(H,16,17)(H2,12,13,18). The summed E-state index contributed by atoms with van der Waals surface area (Å²) in [4.78, 5) is 30.1. The van der Waals surface area contributed by atoms with Crippen molar-refractivity contribution < 1.29 is 14.7 Å². The van der Waals surface area contributed by atoms with Crippen LogP contribution in [0.25, 0.3) is 0 Å². The quantitative estimate of drug-likeness (QED) is 0.746. The zero-order valence-electron chi connectivity index (χ0n) is 10.3. The Balaban J connectivity index is 1.67. The summed E-state index contributed by atoms with van der Waals surface area (Å²) in [6.07, 6.45) is 0.502. The van der Waals surface area contributed by atoms with E-state index in [1.807, 2.05) is 5.38 Å². The van der Waals surface area contributed by atoms with Crippen LogP contribution in [0.4, 0.5) is 4.79 Å². The van der Waals surface area contributed by atoms with Crippen LogP contribution in [0.1, 0.15) is 21.2 Å². The van der Waals surface area contributed by atoms with E-state index in [2.05, 4.69) is 20.6 Å². The molecule has 0 aliphatic heterocycles. The van der Waals surface area contributed by atoms with E-state index in [0.717, 1.165) is 5.69 Å². The maximum Gasteiger partial charge on any atom is 0.355 e. The summed E-state index contributed by atoms with van der Waals surface area (Å²) in [7, 11) is 0. The SMILES string of the molecule is O=C(NCCc1nc(C(=O)O)cs1)NCc1cscn1. The fourth-order valence-corrected chi connectivity index (χ4v) is 2.70. The average molecular weight is 312 g/mol. The molecular formula is C11H12N4O3S2. The number of aromatic nitrogens is 2. The molecule has 0 spiro atoms. The normalized spacial score (nSPS) is 10.2. The molecule has 0 fully saturated rings. The lowest BCUT2D eigenvalue weighted by Gasteiger charge is -2.05. The van der Waals surface area contributed by atoms with Gasteiger partial charge in [-0.15, -0.1) is 22.7 Å². The van der Waals surface area contributed by atoms with Crippen LogP contribution in [-0.2, 0) is 13.0 Å². The lowest BCUT2D eigenvalue weighted by Crippen LogP contribution is -2.36. The van der Waals surface area contributed by atoms with Gasteiger partial charge in [-0.1, -0.05) is 0 Å². The molecule has 106 valence electrons. The van der Waals surface area contributed by atoms with E-state index < -0.39 is 5.97 Å². The molecule has 0 radical (unpaired) electrons. The van der Waals surface area contributed by atoms with Gasteiger partial charge in [-0.05, 0) is 0 Å². The number of carboxylic acids is 1. The summed E-state index contributed by atoms with van der Waals surface area (Å²) in [5, 5.41) is 18.1. The smallest absolute Gasteiger partial charge is 0.355 e. The minimum Gasteiger partial charge on any atom is -0.476 e. The van der Waals surface area contributed by atoms with Crippen LogP contribution in [0, 0.1) is 0 Å². The summed E-state index contributed by atoms with van der Waals surface area (Å²) >= 11 is 2.74. The van der Waals surface area contributed by atoms with Crippen LogP contribution in [0.5, 0.6) is 0 Å². The van der Waals surface area contributed by atoms with Crippen molar-refractivity contribution in [3.63, 3.8) is 0 Å². The van der Waals surface area contributed by atoms with Gasteiger partial charge in [0.15, 0.2) is 5.69 Å². The number of aromatic carboxylic acids is 1. The highest BCUT2D eigenvalue weighted by Gasteiger charge is 2.08. The van der Waals surface area contributed by atoms with Gasteiger partial charge in [-0.2, -0.15) is 0 Å². The number of nitrogens with zero attached hydrogens (tertiary/aromatic N) is 2. The highest BCUT2D eigenvalue weighted by molar-refractivity contribution is 7.09. The number of amides is 2. The molecule has 2 heterocycles. The third-order valence-corrected chi connectivity index (χ3v) is 3.85. The molecule has 20 heavy (non-hydrogen) atoms. The molecular weight excluding hydrogens is 300 g/mol. The van der Waals surface area contributed by atoms with Crippen molar-refractivity contribution in [2.75, 3.05) is 6.54 Å². The van der Waals surface area contributed by atoms with Crippen molar-refractivity contribution in [3.8, 4) is 0 Å². The van der Waals surface area contributed by atoms with Gasteiger partial charge in [-0.3, -0.25) is 0 Å². The van der Waals surface area contributed by atoms with Crippen molar-refractivity contribution in [1.82, 2.24) is 20.6 Å². The molecule has 2 aromatic heterocycles. The van der Waals surface area contributed by atoms with Crippen LogP contribution in [0.15, 0.2) is 16.3 Å². The molecule has 9 heteroatoms. The van der Waals surface area contributed by atoms with Crippen molar-refractivity contribution in [3.05, 3.63) is 32.7 Å². The number of nitrogens with one attached hydrogen (secondary N) is 2. The Morgan fingerprint density at radius 1 is 1.30 bits per heavy atom. The minimum atomic E-state index is -1.04. The maximum absolute atomic E-state index is 11.5. The lowest BCUT2D eigenvalue weighted by atomic mass is 10.4. The zero-order valence-corrected chi connectivity index (χ0v) is 12.0. The number of carbonyl (C=O) groups excluding carboxylic acids is 1. The van der Waals surface area contributed by atoms with Gasteiger partial charge < -0.3 is 15.7 Å². The first-order valence-corrected chi connectivity index (χ1v) is 7.54. The molecule has 3 N–H and O–H groups in total. The Labute approximate surface area is 122 Å².